The highest BCUT2D eigenvalue weighted by Gasteiger charge is 2.18. The Bertz CT molecular complexity index is 187. The Kier molecular flexibility index (Phi) is 3.08. The molecule has 0 saturated carbocycles. The van der Waals surface area contributed by atoms with Gasteiger partial charge in [0.2, 0.25) is 0 Å². The van der Waals surface area contributed by atoms with Crippen molar-refractivity contribution in [3.63, 3.8) is 0 Å². The summed E-state index contributed by atoms with van der Waals surface area (Å²) >= 11 is 0. The fourth-order valence-corrected chi connectivity index (χ4v) is 1.15. The molecule has 0 unspecified atom stereocenters. The van der Waals surface area contributed by atoms with Crippen molar-refractivity contribution in [3.05, 3.63) is 0 Å². The molecule has 0 N–H and O–H groups in total. The molecule has 1 saturated heterocycles. The lowest BCUT2D eigenvalue weighted by Gasteiger charge is -2.11. The third kappa shape index (κ3) is 2.90. The SMILES string of the molecule is CC(=O)O[C@@H]1CCOC(=O)CC1. The van der Waals surface area contributed by atoms with Gasteiger partial charge in [0.1, 0.15) is 6.10 Å². The second kappa shape index (κ2) is 4.09. The summed E-state index contributed by atoms with van der Waals surface area (Å²) in [6.45, 7) is 1.73. The zero-order valence-electron chi connectivity index (χ0n) is 7.04. The van der Waals surface area contributed by atoms with Gasteiger partial charge in [0.15, 0.2) is 0 Å². The Morgan fingerprint density at radius 3 is 3.00 bits per heavy atom. The van der Waals surface area contributed by atoms with Crippen LogP contribution in [0.25, 0.3) is 0 Å². The molecule has 0 aromatic carbocycles. The fraction of sp³-hybridized carbons (Fsp3) is 0.750. The first-order chi connectivity index (χ1) is 5.68. The van der Waals surface area contributed by atoms with Crippen LogP contribution < -0.4 is 0 Å². The van der Waals surface area contributed by atoms with Gasteiger partial charge in [0.05, 0.1) is 6.61 Å². The Hall–Kier alpha value is -1.06. The van der Waals surface area contributed by atoms with Crippen molar-refractivity contribution in [2.24, 2.45) is 0 Å². The van der Waals surface area contributed by atoms with Crippen LogP contribution in [-0.4, -0.2) is 24.6 Å². The molecule has 68 valence electrons. The molecule has 0 spiro atoms. The average molecular weight is 172 g/mol. The van der Waals surface area contributed by atoms with Gasteiger partial charge >= 0.3 is 11.9 Å². The number of hydrogen-bond acceptors (Lipinski definition) is 4. The number of carbonyl (C=O) groups excluding carboxylic acids is 2. The van der Waals surface area contributed by atoms with Crippen LogP contribution in [0.1, 0.15) is 26.2 Å². The minimum atomic E-state index is -0.297. The van der Waals surface area contributed by atoms with E-state index in [0.29, 0.717) is 25.9 Å². The van der Waals surface area contributed by atoms with E-state index in [1.54, 1.807) is 0 Å². The molecule has 0 aliphatic carbocycles. The van der Waals surface area contributed by atoms with Crippen molar-refractivity contribution in [2.75, 3.05) is 6.61 Å². The van der Waals surface area contributed by atoms with Crippen molar-refractivity contribution in [1.82, 2.24) is 0 Å². The minimum absolute atomic E-state index is 0.144. The van der Waals surface area contributed by atoms with E-state index in [-0.39, 0.29) is 18.0 Å². The molecule has 0 radical (unpaired) electrons. The molecule has 1 fully saturated rings. The zero-order chi connectivity index (χ0) is 8.97. The lowest BCUT2D eigenvalue weighted by atomic mass is 10.1. The summed E-state index contributed by atoms with van der Waals surface area (Å²) in [6.07, 6.45) is 1.40. The van der Waals surface area contributed by atoms with Crippen LogP contribution in [0, 0.1) is 0 Å². The van der Waals surface area contributed by atoms with Gasteiger partial charge in [-0.1, -0.05) is 0 Å². The molecular weight excluding hydrogens is 160 g/mol. The van der Waals surface area contributed by atoms with Crippen molar-refractivity contribution in [2.45, 2.75) is 32.3 Å². The van der Waals surface area contributed by atoms with Crippen molar-refractivity contribution in [3.8, 4) is 0 Å². The second-order valence-corrected chi connectivity index (χ2v) is 2.78. The zero-order valence-corrected chi connectivity index (χ0v) is 7.04. The Balaban J connectivity index is 2.35. The van der Waals surface area contributed by atoms with Gasteiger partial charge in [-0.3, -0.25) is 9.59 Å². The van der Waals surface area contributed by atoms with E-state index in [9.17, 15) is 9.59 Å². The van der Waals surface area contributed by atoms with E-state index in [1.165, 1.54) is 6.92 Å². The quantitative estimate of drug-likeness (QED) is 0.545. The molecular formula is C8H12O4. The molecule has 0 bridgehead atoms. The summed E-state index contributed by atoms with van der Waals surface area (Å²) < 4.78 is 9.73. The van der Waals surface area contributed by atoms with Crippen molar-refractivity contribution < 1.29 is 19.1 Å². The Labute approximate surface area is 70.8 Å². The third-order valence-corrected chi connectivity index (χ3v) is 1.71. The van der Waals surface area contributed by atoms with Gasteiger partial charge < -0.3 is 9.47 Å². The third-order valence-electron chi connectivity index (χ3n) is 1.71. The van der Waals surface area contributed by atoms with Gasteiger partial charge in [-0.2, -0.15) is 0 Å². The van der Waals surface area contributed by atoms with E-state index in [0.717, 1.165) is 0 Å². The van der Waals surface area contributed by atoms with Crippen LogP contribution in [0.15, 0.2) is 0 Å². The smallest absolute Gasteiger partial charge is 0.305 e. The maximum Gasteiger partial charge on any atom is 0.305 e. The first kappa shape index (κ1) is 9.03. The predicted octanol–water partition coefficient (Wildman–Crippen LogP) is 0.645. The Morgan fingerprint density at radius 2 is 2.33 bits per heavy atom. The summed E-state index contributed by atoms with van der Waals surface area (Å²) in [5.74, 6) is -0.501. The summed E-state index contributed by atoms with van der Waals surface area (Å²) in [6, 6.07) is 0. The maximum atomic E-state index is 10.8. The molecule has 1 aliphatic rings. The van der Waals surface area contributed by atoms with Gasteiger partial charge in [0, 0.05) is 19.8 Å². The molecule has 0 aromatic heterocycles. The minimum Gasteiger partial charge on any atom is -0.466 e. The summed E-state index contributed by atoms with van der Waals surface area (Å²) in [5.41, 5.74) is 0. The van der Waals surface area contributed by atoms with Gasteiger partial charge in [0.25, 0.3) is 0 Å². The number of carbonyl (C=O) groups is 2. The highest BCUT2D eigenvalue weighted by molar-refractivity contribution is 5.70. The molecule has 12 heavy (non-hydrogen) atoms. The van der Waals surface area contributed by atoms with Crippen LogP contribution in [-0.2, 0) is 19.1 Å². The number of esters is 2. The maximum absolute atomic E-state index is 10.8. The van der Waals surface area contributed by atoms with Crippen LogP contribution in [0.5, 0.6) is 0 Å². The van der Waals surface area contributed by atoms with Gasteiger partial charge in [-0.05, 0) is 6.42 Å². The number of cyclic esters (lactones) is 1. The number of ether oxygens (including phenoxy) is 2. The van der Waals surface area contributed by atoms with E-state index in [1.807, 2.05) is 0 Å². The van der Waals surface area contributed by atoms with E-state index >= 15 is 0 Å². The first-order valence-corrected chi connectivity index (χ1v) is 4.01. The molecule has 0 amide bonds. The average Bonchev–Trinajstić information content (AvgIpc) is 2.15. The van der Waals surface area contributed by atoms with Crippen LogP contribution in [0.4, 0.5) is 0 Å². The second-order valence-electron chi connectivity index (χ2n) is 2.78. The molecule has 1 rings (SSSR count). The molecule has 1 atom stereocenters. The molecule has 1 aliphatic heterocycles. The standard InChI is InChI=1S/C8H12O4/c1-6(9)12-7-2-3-8(10)11-5-4-7/h7H,2-5H2,1H3/t7-/m0/s1. The lowest BCUT2D eigenvalue weighted by Crippen LogP contribution is -2.16. The summed E-state index contributed by atoms with van der Waals surface area (Å²) in [7, 11) is 0. The van der Waals surface area contributed by atoms with Crippen LogP contribution >= 0.6 is 0 Å². The molecule has 0 aromatic rings. The van der Waals surface area contributed by atoms with E-state index in [2.05, 4.69) is 0 Å². The first-order valence-electron chi connectivity index (χ1n) is 4.01. The highest BCUT2D eigenvalue weighted by atomic mass is 16.6. The predicted molar refractivity (Wildman–Crippen MR) is 40.4 cm³/mol. The highest BCUT2D eigenvalue weighted by Crippen LogP contribution is 2.12. The van der Waals surface area contributed by atoms with Crippen LogP contribution in [0.3, 0.4) is 0 Å². The van der Waals surface area contributed by atoms with E-state index < -0.39 is 0 Å². The Morgan fingerprint density at radius 1 is 1.58 bits per heavy atom. The largest absolute Gasteiger partial charge is 0.466 e. The van der Waals surface area contributed by atoms with Crippen molar-refractivity contribution in [1.29, 1.82) is 0 Å². The normalized spacial score (nSPS) is 24.1. The van der Waals surface area contributed by atoms with E-state index in [4.69, 9.17) is 9.47 Å². The van der Waals surface area contributed by atoms with Gasteiger partial charge in [-0.25, -0.2) is 0 Å². The monoisotopic (exact) mass is 172 g/mol. The number of hydrogen-bond donors (Lipinski definition) is 0. The molecule has 1 heterocycles. The topological polar surface area (TPSA) is 52.6 Å². The van der Waals surface area contributed by atoms with Gasteiger partial charge in [-0.15, -0.1) is 0 Å². The fourth-order valence-electron chi connectivity index (χ4n) is 1.15. The van der Waals surface area contributed by atoms with Crippen LogP contribution in [0.2, 0.25) is 0 Å². The summed E-state index contributed by atoms with van der Waals surface area (Å²) in [5, 5.41) is 0. The van der Waals surface area contributed by atoms with Crippen molar-refractivity contribution >= 4 is 11.9 Å². The number of rotatable bonds is 1. The summed E-state index contributed by atoms with van der Waals surface area (Å²) in [4.78, 5) is 21.3. The molecule has 4 heteroatoms. The lowest BCUT2D eigenvalue weighted by molar-refractivity contribution is -0.147. The molecule has 4 nitrogen and oxygen atoms in total.